The molecule has 4 aromatic carbocycles. The first-order chi connectivity index (χ1) is 14.5. The monoisotopic (exact) mass is 616 g/mol. The van der Waals surface area contributed by atoms with E-state index in [4.69, 9.17) is 4.74 Å². The summed E-state index contributed by atoms with van der Waals surface area (Å²) < 4.78 is 7.83. The second-order valence-electron chi connectivity index (χ2n) is 7.41. The molecule has 0 spiro atoms. The minimum atomic E-state index is -0.465. The maximum absolute atomic E-state index is 9.98. The van der Waals surface area contributed by atoms with Crippen molar-refractivity contribution in [2.45, 2.75) is 5.41 Å². The van der Waals surface area contributed by atoms with Gasteiger partial charge in [-0.15, -0.1) is 0 Å². The van der Waals surface area contributed by atoms with Gasteiger partial charge >= 0.3 is 0 Å². The molecule has 0 bridgehead atoms. The van der Waals surface area contributed by atoms with E-state index in [1.54, 1.807) is 19.2 Å². The summed E-state index contributed by atoms with van der Waals surface area (Å²) in [4.78, 5) is 0. The molecule has 0 unspecified atom stereocenters. The molecule has 4 heteroatoms. The van der Waals surface area contributed by atoms with Crippen LogP contribution in [0.2, 0.25) is 0 Å². The van der Waals surface area contributed by atoms with E-state index in [1.807, 2.05) is 24.3 Å². The van der Waals surface area contributed by atoms with Gasteiger partial charge in [-0.2, -0.15) is 0 Å². The zero-order chi connectivity index (χ0) is 20.9. The number of halogens is 2. The van der Waals surface area contributed by atoms with E-state index in [2.05, 4.69) is 93.7 Å². The Morgan fingerprint density at radius 1 is 0.667 bits per heavy atom. The Bertz CT molecular complexity index is 1190. The van der Waals surface area contributed by atoms with Crippen molar-refractivity contribution in [3.8, 4) is 22.6 Å². The Hall–Kier alpha value is -2.06. The Kier molecular flexibility index (Phi) is 5.01. The van der Waals surface area contributed by atoms with E-state index in [9.17, 15) is 5.11 Å². The topological polar surface area (TPSA) is 29.5 Å². The lowest BCUT2D eigenvalue weighted by Crippen LogP contribution is -2.28. The molecule has 2 nitrogen and oxygen atoms in total. The van der Waals surface area contributed by atoms with Crippen LogP contribution in [0.3, 0.4) is 0 Å². The molecule has 1 aliphatic rings. The average molecular weight is 616 g/mol. The zero-order valence-corrected chi connectivity index (χ0v) is 20.5. The predicted octanol–water partition coefficient (Wildman–Crippen LogP) is 6.97. The first kappa shape index (κ1) is 19.9. The summed E-state index contributed by atoms with van der Waals surface area (Å²) in [5.74, 6) is 1.11. The molecule has 1 aliphatic carbocycles. The highest BCUT2D eigenvalue weighted by molar-refractivity contribution is 14.1. The van der Waals surface area contributed by atoms with Crippen molar-refractivity contribution in [1.29, 1.82) is 0 Å². The van der Waals surface area contributed by atoms with Crippen LogP contribution in [0, 0.1) is 7.14 Å². The summed E-state index contributed by atoms with van der Waals surface area (Å²) >= 11 is 4.78. The number of phenolic OH excluding ortho intramolecular Hbond substituents is 1. The maximum Gasteiger partial charge on any atom is 0.118 e. The first-order valence-electron chi connectivity index (χ1n) is 9.58. The van der Waals surface area contributed by atoms with Crippen LogP contribution in [0.15, 0.2) is 84.9 Å². The van der Waals surface area contributed by atoms with Gasteiger partial charge in [-0.25, -0.2) is 0 Å². The molecule has 148 valence electrons. The Morgan fingerprint density at radius 3 is 1.60 bits per heavy atom. The van der Waals surface area contributed by atoms with Gasteiger partial charge in [-0.05, 0) is 127 Å². The van der Waals surface area contributed by atoms with Gasteiger partial charge in [0, 0.05) is 7.14 Å². The summed E-state index contributed by atoms with van der Waals surface area (Å²) in [7, 11) is 1.69. The lowest BCUT2D eigenvalue weighted by Gasteiger charge is -2.34. The van der Waals surface area contributed by atoms with Gasteiger partial charge in [0.05, 0.1) is 12.5 Å². The molecule has 0 atom stereocenters. The number of hydrogen-bond donors (Lipinski definition) is 1. The van der Waals surface area contributed by atoms with E-state index in [1.165, 1.54) is 35.0 Å². The highest BCUT2D eigenvalue weighted by atomic mass is 127. The smallest absolute Gasteiger partial charge is 0.118 e. The minimum absolute atomic E-state index is 0.271. The summed E-state index contributed by atoms with van der Waals surface area (Å²) in [5.41, 5.74) is 6.89. The maximum atomic E-state index is 9.98. The number of fused-ring (bicyclic) bond motifs is 3. The lowest BCUT2D eigenvalue weighted by molar-refractivity contribution is 0.414. The molecule has 0 aliphatic heterocycles. The molecule has 0 saturated heterocycles. The molecule has 0 amide bonds. The third-order valence-corrected chi connectivity index (χ3v) is 7.23. The third kappa shape index (κ3) is 2.95. The van der Waals surface area contributed by atoms with Crippen molar-refractivity contribution >= 4 is 45.2 Å². The summed E-state index contributed by atoms with van der Waals surface area (Å²) in [6.45, 7) is 0. The molecule has 4 aromatic rings. The van der Waals surface area contributed by atoms with Gasteiger partial charge in [0.15, 0.2) is 0 Å². The highest BCUT2D eigenvalue weighted by Gasteiger charge is 2.46. The van der Waals surface area contributed by atoms with Crippen LogP contribution in [0.4, 0.5) is 0 Å². The molecule has 0 aromatic heterocycles. The normalized spacial score (nSPS) is 13.6. The number of methoxy groups -OCH3 is 1. The van der Waals surface area contributed by atoms with Gasteiger partial charge in [-0.3, -0.25) is 0 Å². The van der Waals surface area contributed by atoms with Crippen LogP contribution in [-0.4, -0.2) is 12.2 Å². The zero-order valence-electron chi connectivity index (χ0n) is 16.2. The number of rotatable bonds is 3. The van der Waals surface area contributed by atoms with Gasteiger partial charge in [0.1, 0.15) is 11.5 Å². The van der Waals surface area contributed by atoms with Gasteiger partial charge in [-0.1, -0.05) is 36.4 Å². The Balaban J connectivity index is 1.94. The first-order valence-corrected chi connectivity index (χ1v) is 11.7. The fourth-order valence-corrected chi connectivity index (χ4v) is 5.59. The fourth-order valence-electron chi connectivity index (χ4n) is 4.61. The number of ether oxygens (including phenoxy) is 1. The SMILES string of the molecule is COc1ccc(C2(c3ccc(O)cc3)c3cc(I)ccc3-c3ccc(I)cc32)cc1. The number of phenols is 1. The fraction of sp³-hybridized carbons (Fsp3) is 0.0769. The molecular weight excluding hydrogens is 598 g/mol. The summed E-state index contributed by atoms with van der Waals surface area (Å²) in [6.07, 6.45) is 0. The van der Waals surface area contributed by atoms with Gasteiger partial charge in [0.25, 0.3) is 0 Å². The molecule has 30 heavy (non-hydrogen) atoms. The van der Waals surface area contributed by atoms with Crippen molar-refractivity contribution < 1.29 is 9.84 Å². The summed E-state index contributed by atoms with van der Waals surface area (Å²) in [5, 5.41) is 9.98. The van der Waals surface area contributed by atoms with Crippen LogP contribution in [0.5, 0.6) is 11.5 Å². The van der Waals surface area contributed by atoms with E-state index in [0.717, 1.165) is 11.3 Å². The number of hydrogen-bond acceptors (Lipinski definition) is 2. The van der Waals surface area contributed by atoms with Crippen molar-refractivity contribution in [1.82, 2.24) is 0 Å². The van der Waals surface area contributed by atoms with Crippen LogP contribution in [0.25, 0.3) is 11.1 Å². The molecular formula is C26H18I2O2. The van der Waals surface area contributed by atoms with Crippen LogP contribution < -0.4 is 4.74 Å². The molecule has 0 radical (unpaired) electrons. The van der Waals surface area contributed by atoms with Crippen LogP contribution >= 0.6 is 45.2 Å². The number of benzene rings is 4. The van der Waals surface area contributed by atoms with Gasteiger partial charge < -0.3 is 9.84 Å². The molecule has 0 fully saturated rings. The van der Waals surface area contributed by atoms with Crippen molar-refractivity contribution in [2.24, 2.45) is 0 Å². The Morgan fingerprint density at radius 2 is 1.13 bits per heavy atom. The molecule has 0 heterocycles. The lowest BCUT2D eigenvalue weighted by atomic mass is 9.68. The summed E-state index contributed by atoms with van der Waals surface area (Å²) in [6, 6.07) is 29.4. The van der Waals surface area contributed by atoms with Crippen molar-refractivity contribution in [2.75, 3.05) is 7.11 Å². The second-order valence-corrected chi connectivity index (χ2v) is 9.90. The minimum Gasteiger partial charge on any atom is -0.508 e. The van der Waals surface area contributed by atoms with E-state index < -0.39 is 5.41 Å². The predicted molar refractivity (Wildman–Crippen MR) is 137 cm³/mol. The third-order valence-electron chi connectivity index (χ3n) is 5.88. The second kappa shape index (κ2) is 7.57. The van der Waals surface area contributed by atoms with Crippen LogP contribution in [0.1, 0.15) is 22.3 Å². The average Bonchev–Trinajstić information content (AvgIpc) is 3.04. The highest BCUT2D eigenvalue weighted by Crippen LogP contribution is 2.56. The standard InChI is InChI=1S/C26H18I2O2/c1-30-21-10-4-17(5-11-21)26(16-2-8-20(29)9-3-16)24-14-18(27)6-12-22(24)23-13-7-19(28)15-25(23)26/h2-15,29H,1H3. The largest absolute Gasteiger partial charge is 0.508 e. The molecule has 1 N–H and O–H groups in total. The van der Waals surface area contributed by atoms with E-state index in [-0.39, 0.29) is 5.75 Å². The quantitative estimate of drug-likeness (QED) is 0.222. The molecule has 5 rings (SSSR count). The Labute approximate surface area is 203 Å². The van der Waals surface area contributed by atoms with E-state index in [0.29, 0.717) is 0 Å². The molecule has 0 saturated carbocycles. The van der Waals surface area contributed by atoms with Gasteiger partial charge in [0.2, 0.25) is 0 Å². The van der Waals surface area contributed by atoms with Crippen LogP contribution in [-0.2, 0) is 5.41 Å². The van der Waals surface area contributed by atoms with E-state index >= 15 is 0 Å². The van der Waals surface area contributed by atoms with Crippen molar-refractivity contribution in [3.05, 3.63) is 114 Å². The van der Waals surface area contributed by atoms with Crippen molar-refractivity contribution in [3.63, 3.8) is 0 Å². The number of aromatic hydroxyl groups is 1.